The van der Waals surface area contributed by atoms with Gasteiger partial charge >= 0.3 is 6.18 Å². The van der Waals surface area contributed by atoms with Gasteiger partial charge in [-0.3, -0.25) is 9.78 Å². The molecule has 102 valence electrons. The lowest BCUT2D eigenvalue weighted by Gasteiger charge is -2.26. The Morgan fingerprint density at radius 1 is 1.42 bits per heavy atom. The molecule has 2 unspecified atom stereocenters. The van der Waals surface area contributed by atoms with E-state index in [4.69, 9.17) is 0 Å². The minimum atomic E-state index is -4.47. The second-order valence-electron chi connectivity index (χ2n) is 4.73. The summed E-state index contributed by atoms with van der Waals surface area (Å²) in [5, 5.41) is 0.483. The van der Waals surface area contributed by atoms with Crippen LogP contribution in [0.25, 0.3) is 0 Å². The maximum Gasteiger partial charge on any atom is 0.433 e. The first-order valence-corrected chi connectivity index (χ1v) is 6.96. The van der Waals surface area contributed by atoms with Crippen LogP contribution in [-0.4, -0.2) is 39.4 Å². The minimum absolute atomic E-state index is 0.214. The third-order valence-electron chi connectivity index (χ3n) is 3.46. The molecule has 0 saturated carbocycles. The van der Waals surface area contributed by atoms with Crippen molar-refractivity contribution in [2.45, 2.75) is 23.9 Å². The van der Waals surface area contributed by atoms with Crippen molar-refractivity contribution in [1.82, 2.24) is 9.88 Å². The van der Waals surface area contributed by atoms with Crippen molar-refractivity contribution in [3.05, 3.63) is 29.6 Å². The van der Waals surface area contributed by atoms with E-state index < -0.39 is 11.9 Å². The summed E-state index contributed by atoms with van der Waals surface area (Å²) in [4.78, 5) is 17.3. The Labute approximate surface area is 112 Å². The van der Waals surface area contributed by atoms with Crippen molar-refractivity contribution in [3.63, 3.8) is 0 Å². The quantitative estimate of drug-likeness (QED) is 0.796. The predicted molar refractivity (Wildman–Crippen MR) is 64.9 cm³/mol. The molecular weight excluding hydrogens is 277 g/mol. The Morgan fingerprint density at radius 3 is 2.68 bits per heavy atom. The zero-order valence-electron chi connectivity index (χ0n) is 9.85. The van der Waals surface area contributed by atoms with Gasteiger partial charge in [0.1, 0.15) is 5.69 Å². The van der Waals surface area contributed by atoms with Crippen LogP contribution in [0.4, 0.5) is 13.2 Å². The summed E-state index contributed by atoms with van der Waals surface area (Å²) < 4.78 is 37.2. The van der Waals surface area contributed by atoms with Crippen LogP contribution in [0, 0.1) is 0 Å². The number of hydrogen-bond donors (Lipinski definition) is 0. The van der Waals surface area contributed by atoms with E-state index in [1.54, 1.807) is 4.90 Å². The third-order valence-corrected chi connectivity index (χ3v) is 4.85. The lowest BCUT2D eigenvalue weighted by molar-refractivity contribution is -0.141. The molecule has 1 aromatic rings. The molecule has 2 saturated heterocycles. The Kier molecular flexibility index (Phi) is 2.96. The molecule has 2 aliphatic rings. The van der Waals surface area contributed by atoms with Crippen LogP contribution in [-0.2, 0) is 6.18 Å². The Balaban J connectivity index is 1.77. The molecule has 2 fully saturated rings. The van der Waals surface area contributed by atoms with Gasteiger partial charge in [-0.1, -0.05) is 0 Å². The fourth-order valence-electron chi connectivity index (χ4n) is 2.50. The number of halogens is 3. The SMILES string of the molecule is O=C(c1ccc(C(F)(F)F)nc1)N1CC2CC1CS2. The fraction of sp³-hybridized carbons (Fsp3) is 0.500. The van der Waals surface area contributed by atoms with Crippen LogP contribution in [0.3, 0.4) is 0 Å². The van der Waals surface area contributed by atoms with Gasteiger partial charge in [0.05, 0.1) is 5.56 Å². The van der Waals surface area contributed by atoms with Gasteiger partial charge < -0.3 is 4.90 Å². The molecule has 3 nitrogen and oxygen atoms in total. The average molecular weight is 288 g/mol. The molecule has 0 aliphatic carbocycles. The molecule has 19 heavy (non-hydrogen) atoms. The van der Waals surface area contributed by atoms with Gasteiger partial charge in [-0.25, -0.2) is 0 Å². The number of nitrogens with zero attached hydrogens (tertiary/aromatic N) is 2. The Morgan fingerprint density at radius 2 is 2.21 bits per heavy atom. The van der Waals surface area contributed by atoms with Crippen molar-refractivity contribution in [2.75, 3.05) is 12.3 Å². The number of amides is 1. The van der Waals surface area contributed by atoms with E-state index in [1.165, 1.54) is 6.07 Å². The number of thioether (sulfide) groups is 1. The summed E-state index contributed by atoms with van der Waals surface area (Å²) in [5.74, 6) is 0.707. The second-order valence-corrected chi connectivity index (χ2v) is 6.07. The topological polar surface area (TPSA) is 33.2 Å². The van der Waals surface area contributed by atoms with Crippen molar-refractivity contribution in [2.24, 2.45) is 0 Å². The molecule has 3 rings (SSSR count). The van der Waals surface area contributed by atoms with Gasteiger partial charge in [0.2, 0.25) is 0 Å². The van der Waals surface area contributed by atoms with E-state index in [2.05, 4.69) is 4.98 Å². The summed E-state index contributed by atoms with van der Waals surface area (Å²) in [7, 11) is 0. The lowest BCUT2D eigenvalue weighted by atomic mass is 10.2. The number of pyridine rings is 1. The zero-order valence-corrected chi connectivity index (χ0v) is 10.7. The first-order chi connectivity index (χ1) is 8.95. The summed E-state index contributed by atoms with van der Waals surface area (Å²) in [6.07, 6.45) is -2.46. The lowest BCUT2D eigenvalue weighted by Crippen LogP contribution is -2.39. The molecule has 0 spiro atoms. The molecular formula is C12H11F3N2OS. The van der Waals surface area contributed by atoms with Crippen LogP contribution in [0.1, 0.15) is 22.5 Å². The van der Waals surface area contributed by atoms with Gasteiger partial charge in [-0.05, 0) is 18.6 Å². The highest BCUT2D eigenvalue weighted by atomic mass is 32.2. The highest BCUT2D eigenvalue weighted by Crippen LogP contribution is 2.38. The maximum atomic E-state index is 12.4. The standard InChI is InChI=1S/C12H11F3N2OS/c13-12(14,15)10-2-1-7(4-16-10)11(18)17-5-9-3-8(17)6-19-9/h1-2,4,8-9H,3,5-6H2. The van der Waals surface area contributed by atoms with Crippen LogP contribution in [0.15, 0.2) is 18.3 Å². The molecule has 0 N–H and O–H groups in total. The average Bonchev–Trinajstić information content (AvgIpc) is 2.99. The van der Waals surface area contributed by atoms with Crippen LogP contribution >= 0.6 is 11.8 Å². The molecule has 0 radical (unpaired) electrons. The highest BCUT2D eigenvalue weighted by molar-refractivity contribution is 8.00. The van der Waals surface area contributed by atoms with E-state index in [1.807, 2.05) is 11.8 Å². The number of likely N-dealkylation sites (tertiary alicyclic amines) is 1. The second kappa shape index (κ2) is 4.40. The van der Waals surface area contributed by atoms with Crippen LogP contribution in [0.5, 0.6) is 0 Å². The molecule has 2 aliphatic heterocycles. The number of rotatable bonds is 1. The summed E-state index contributed by atoms with van der Waals surface area (Å²) in [6, 6.07) is 2.29. The van der Waals surface area contributed by atoms with Gasteiger partial charge in [0, 0.05) is 29.8 Å². The first kappa shape index (κ1) is 12.8. The number of carbonyl (C=O) groups is 1. The normalized spacial score (nSPS) is 25.9. The largest absolute Gasteiger partial charge is 0.433 e. The molecule has 7 heteroatoms. The minimum Gasteiger partial charge on any atom is -0.334 e. The Bertz CT molecular complexity index is 503. The van der Waals surface area contributed by atoms with E-state index in [0.29, 0.717) is 11.8 Å². The summed E-state index contributed by atoms with van der Waals surface area (Å²) in [6.45, 7) is 0.690. The van der Waals surface area contributed by atoms with Crippen molar-refractivity contribution in [3.8, 4) is 0 Å². The van der Waals surface area contributed by atoms with E-state index in [-0.39, 0.29) is 17.5 Å². The van der Waals surface area contributed by atoms with Crippen LogP contribution in [0.2, 0.25) is 0 Å². The molecule has 2 atom stereocenters. The van der Waals surface area contributed by atoms with Gasteiger partial charge in [-0.2, -0.15) is 24.9 Å². The highest BCUT2D eigenvalue weighted by Gasteiger charge is 2.41. The number of aromatic nitrogens is 1. The van der Waals surface area contributed by atoms with Gasteiger partial charge in [0.25, 0.3) is 5.91 Å². The molecule has 2 bridgehead atoms. The Hall–Kier alpha value is -1.24. The summed E-state index contributed by atoms with van der Waals surface area (Å²) in [5.41, 5.74) is -0.743. The number of alkyl halides is 3. The molecule has 1 amide bonds. The molecule has 3 heterocycles. The van der Waals surface area contributed by atoms with Crippen molar-refractivity contribution < 1.29 is 18.0 Å². The van der Waals surface area contributed by atoms with Crippen LogP contribution < -0.4 is 0 Å². The zero-order chi connectivity index (χ0) is 13.6. The van der Waals surface area contributed by atoms with E-state index in [9.17, 15) is 18.0 Å². The monoisotopic (exact) mass is 288 g/mol. The van der Waals surface area contributed by atoms with E-state index >= 15 is 0 Å². The van der Waals surface area contributed by atoms with Gasteiger partial charge in [-0.15, -0.1) is 0 Å². The molecule has 1 aromatic heterocycles. The van der Waals surface area contributed by atoms with Crippen molar-refractivity contribution in [1.29, 1.82) is 0 Å². The maximum absolute atomic E-state index is 12.4. The van der Waals surface area contributed by atoms with Gasteiger partial charge in [0.15, 0.2) is 0 Å². The number of fused-ring (bicyclic) bond motifs is 2. The number of hydrogen-bond acceptors (Lipinski definition) is 3. The summed E-state index contributed by atoms with van der Waals surface area (Å²) >= 11 is 1.86. The van der Waals surface area contributed by atoms with E-state index in [0.717, 1.165) is 24.4 Å². The fourth-order valence-corrected chi connectivity index (χ4v) is 3.94. The third kappa shape index (κ3) is 2.31. The smallest absolute Gasteiger partial charge is 0.334 e. The first-order valence-electron chi connectivity index (χ1n) is 5.91. The molecule has 0 aromatic carbocycles. The van der Waals surface area contributed by atoms with Crippen molar-refractivity contribution >= 4 is 17.7 Å². The number of carbonyl (C=O) groups excluding carboxylic acids is 1. The predicted octanol–water partition coefficient (Wildman–Crippen LogP) is 2.43.